The number of rotatable bonds is 1. The number of hydrogen-bond acceptors (Lipinski definition) is 5. The highest BCUT2D eigenvalue weighted by Gasteiger charge is 2.20. The molecule has 13 heavy (non-hydrogen) atoms. The molecule has 0 bridgehead atoms. The molecule has 0 amide bonds. The van der Waals surface area contributed by atoms with E-state index in [1.54, 1.807) is 0 Å². The van der Waals surface area contributed by atoms with Crippen molar-refractivity contribution in [1.82, 2.24) is 15.7 Å². The highest BCUT2D eigenvalue weighted by atomic mass is 16.5. The molecule has 0 spiro atoms. The fourth-order valence-electron chi connectivity index (χ4n) is 1.00. The Balaban J connectivity index is 0.000000145. The molecule has 2 N–H and O–H groups in total. The Hall–Kier alpha value is -1.43. The minimum absolute atomic E-state index is 0.130. The van der Waals surface area contributed by atoms with E-state index in [1.807, 2.05) is 0 Å². The monoisotopic (exact) mass is 185 g/mol. The Morgan fingerprint density at radius 3 is 2.77 bits per heavy atom. The summed E-state index contributed by atoms with van der Waals surface area (Å²) in [6.45, 7) is 1.51. The van der Waals surface area contributed by atoms with Gasteiger partial charge in [-0.15, -0.1) is 5.10 Å². The minimum Gasteiger partial charge on any atom is -0.481 e. The summed E-state index contributed by atoms with van der Waals surface area (Å²) in [6, 6.07) is 0. The van der Waals surface area contributed by atoms with E-state index in [9.17, 15) is 4.79 Å². The highest BCUT2D eigenvalue weighted by molar-refractivity contribution is 5.70. The van der Waals surface area contributed by atoms with Crippen molar-refractivity contribution in [2.45, 2.75) is 6.42 Å². The first-order valence-electron chi connectivity index (χ1n) is 3.95. The number of carboxylic acids is 1. The molecule has 1 fully saturated rings. The van der Waals surface area contributed by atoms with Crippen LogP contribution in [0, 0.1) is 5.92 Å². The van der Waals surface area contributed by atoms with Gasteiger partial charge in [0.25, 0.3) is 0 Å². The van der Waals surface area contributed by atoms with Crippen LogP contribution < -0.4 is 5.32 Å². The van der Waals surface area contributed by atoms with E-state index >= 15 is 0 Å². The van der Waals surface area contributed by atoms with Crippen molar-refractivity contribution in [2.75, 3.05) is 13.1 Å². The Morgan fingerprint density at radius 2 is 2.54 bits per heavy atom. The molecule has 0 aliphatic carbocycles. The lowest BCUT2D eigenvalue weighted by Crippen LogP contribution is -2.16. The van der Waals surface area contributed by atoms with Gasteiger partial charge in [-0.25, -0.2) is 0 Å². The van der Waals surface area contributed by atoms with Crippen molar-refractivity contribution in [3.05, 3.63) is 12.5 Å². The number of aromatic nitrogens is 2. The van der Waals surface area contributed by atoms with Gasteiger partial charge in [-0.05, 0) is 13.0 Å². The van der Waals surface area contributed by atoms with Crippen molar-refractivity contribution in [3.63, 3.8) is 0 Å². The van der Waals surface area contributed by atoms with Gasteiger partial charge in [0.15, 0.2) is 0 Å². The number of nitrogens with zero attached hydrogens (tertiary/aromatic N) is 2. The molecule has 0 radical (unpaired) electrons. The summed E-state index contributed by atoms with van der Waals surface area (Å²) in [7, 11) is 0. The molecule has 1 aliphatic heterocycles. The number of hydrogen-bond donors (Lipinski definition) is 2. The van der Waals surface area contributed by atoms with Crippen LogP contribution in [0.5, 0.6) is 0 Å². The summed E-state index contributed by atoms with van der Waals surface area (Å²) >= 11 is 0. The van der Waals surface area contributed by atoms with Gasteiger partial charge in [0, 0.05) is 11.8 Å². The van der Waals surface area contributed by atoms with E-state index in [0.29, 0.717) is 6.54 Å². The molecule has 1 aliphatic rings. The lowest BCUT2D eigenvalue weighted by Gasteiger charge is -1.96. The van der Waals surface area contributed by atoms with Crippen molar-refractivity contribution < 1.29 is 14.4 Å². The smallest absolute Gasteiger partial charge is 0.307 e. The van der Waals surface area contributed by atoms with Crippen LogP contribution in [0.2, 0.25) is 0 Å². The molecule has 1 aromatic rings. The van der Waals surface area contributed by atoms with Crippen LogP contribution in [0.1, 0.15) is 6.42 Å². The van der Waals surface area contributed by atoms with Crippen molar-refractivity contribution in [2.24, 2.45) is 5.92 Å². The maximum Gasteiger partial charge on any atom is 0.307 e. The highest BCUT2D eigenvalue weighted by Crippen LogP contribution is 2.05. The summed E-state index contributed by atoms with van der Waals surface area (Å²) in [6.07, 6.45) is 3.66. The fourth-order valence-corrected chi connectivity index (χ4v) is 1.00. The van der Waals surface area contributed by atoms with Crippen LogP contribution >= 0.6 is 0 Å². The van der Waals surface area contributed by atoms with E-state index in [-0.39, 0.29) is 5.92 Å². The number of carbonyl (C=O) groups is 1. The van der Waals surface area contributed by atoms with Crippen LogP contribution in [0.3, 0.4) is 0 Å². The predicted octanol–water partition coefficient (Wildman–Crippen LogP) is -0.250. The molecule has 1 aromatic heterocycles. The normalized spacial score (nSPS) is 20.5. The summed E-state index contributed by atoms with van der Waals surface area (Å²) in [4.78, 5) is 10.2. The molecular formula is C7H11N3O3. The largest absolute Gasteiger partial charge is 0.481 e. The first-order chi connectivity index (χ1) is 6.30. The third-order valence-electron chi connectivity index (χ3n) is 1.69. The Kier molecular flexibility index (Phi) is 3.90. The summed E-state index contributed by atoms with van der Waals surface area (Å²) < 4.78 is 4.22. The van der Waals surface area contributed by atoms with Crippen LogP contribution in [0.25, 0.3) is 0 Å². The van der Waals surface area contributed by atoms with Crippen molar-refractivity contribution >= 4 is 5.97 Å². The number of nitrogens with one attached hydrogen (secondary N) is 1. The maximum absolute atomic E-state index is 10.2. The van der Waals surface area contributed by atoms with E-state index in [1.165, 1.54) is 12.5 Å². The van der Waals surface area contributed by atoms with Gasteiger partial charge >= 0.3 is 5.97 Å². The zero-order chi connectivity index (χ0) is 9.52. The van der Waals surface area contributed by atoms with Crippen LogP contribution in [-0.4, -0.2) is 34.5 Å². The summed E-state index contributed by atoms with van der Waals surface area (Å²) in [5.74, 6) is -0.801. The quantitative estimate of drug-likeness (QED) is 0.627. The van der Waals surface area contributed by atoms with Gasteiger partial charge in [-0.2, -0.15) is 0 Å². The van der Waals surface area contributed by atoms with Crippen LogP contribution in [0.4, 0.5) is 0 Å². The molecule has 0 saturated carbocycles. The minimum atomic E-state index is -0.671. The van der Waals surface area contributed by atoms with Crippen molar-refractivity contribution in [1.29, 1.82) is 0 Å². The molecule has 1 atom stereocenters. The second-order valence-electron chi connectivity index (χ2n) is 2.62. The second kappa shape index (κ2) is 5.26. The zero-order valence-corrected chi connectivity index (χ0v) is 7.01. The van der Waals surface area contributed by atoms with Gasteiger partial charge in [-0.3, -0.25) is 4.79 Å². The van der Waals surface area contributed by atoms with Crippen molar-refractivity contribution in [3.8, 4) is 0 Å². The van der Waals surface area contributed by atoms with Gasteiger partial charge in [-0.1, -0.05) is 0 Å². The molecule has 6 heteroatoms. The zero-order valence-electron chi connectivity index (χ0n) is 7.01. The number of carboxylic acid groups (broad SMARTS) is 1. The molecule has 0 aromatic carbocycles. The molecular weight excluding hydrogens is 174 g/mol. The Bertz CT molecular complexity index is 214. The standard InChI is InChI=1S/C5H9NO2.C2H2N2O/c7-5(8)4-1-2-6-3-4;1-2-5-4-3-1/h4,6H,1-3H2,(H,7,8);1-2H. The van der Waals surface area contributed by atoms with Gasteiger partial charge in [0.1, 0.15) is 6.26 Å². The SMILES string of the molecule is O=C(O)C1CCNC1.c1conn1. The third kappa shape index (κ3) is 3.66. The van der Waals surface area contributed by atoms with Gasteiger partial charge < -0.3 is 14.9 Å². The summed E-state index contributed by atoms with van der Waals surface area (Å²) in [5, 5.41) is 17.7. The van der Waals surface area contributed by atoms with Crippen LogP contribution in [-0.2, 0) is 4.79 Å². The Morgan fingerprint density at radius 1 is 1.69 bits per heavy atom. The first kappa shape index (κ1) is 9.66. The average Bonchev–Trinajstić information content (AvgIpc) is 2.82. The van der Waals surface area contributed by atoms with E-state index in [2.05, 4.69) is 20.2 Å². The predicted molar refractivity (Wildman–Crippen MR) is 42.9 cm³/mol. The lowest BCUT2D eigenvalue weighted by atomic mass is 10.1. The maximum atomic E-state index is 10.2. The van der Waals surface area contributed by atoms with E-state index in [0.717, 1.165) is 13.0 Å². The fraction of sp³-hybridized carbons (Fsp3) is 0.571. The molecule has 72 valence electrons. The lowest BCUT2D eigenvalue weighted by molar-refractivity contribution is -0.140. The van der Waals surface area contributed by atoms with Gasteiger partial charge in [0.05, 0.1) is 12.1 Å². The molecule has 1 saturated heterocycles. The first-order valence-corrected chi connectivity index (χ1v) is 3.95. The number of aliphatic carboxylic acids is 1. The topological polar surface area (TPSA) is 88.2 Å². The van der Waals surface area contributed by atoms with E-state index in [4.69, 9.17) is 5.11 Å². The van der Waals surface area contributed by atoms with Crippen LogP contribution in [0.15, 0.2) is 17.0 Å². The molecule has 2 heterocycles. The molecule has 6 nitrogen and oxygen atoms in total. The summed E-state index contributed by atoms with van der Waals surface area (Å²) in [5.41, 5.74) is 0. The van der Waals surface area contributed by atoms with E-state index < -0.39 is 5.97 Å². The molecule has 1 unspecified atom stereocenters. The Labute approximate surface area is 74.9 Å². The van der Waals surface area contributed by atoms with Gasteiger partial charge in [0.2, 0.25) is 0 Å². The third-order valence-corrected chi connectivity index (χ3v) is 1.69. The molecule has 2 rings (SSSR count). The average molecular weight is 185 g/mol. The second-order valence-corrected chi connectivity index (χ2v) is 2.62.